The number of aromatic nitrogens is 2. The third kappa shape index (κ3) is 3.40. The highest BCUT2D eigenvalue weighted by Crippen LogP contribution is 2.41. The van der Waals surface area contributed by atoms with Crippen LogP contribution >= 0.6 is 11.8 Å². The number of amides is 1. The zero-order chi connectivity index (χ0) is 18.8. The maximum Gasteiger partial charge on any atom is 0.270 e. The van der Waals surface area contributed by atoms with Gasteiger partial charge in [0.1, 0.15) is 5.82 Å². The number of aromatic amines is 1. The first kappa shape index (κ1) is 18.6. The van der Waals surface area contributed by atoms with Crippen molar-refractivity contribution in [2.45, 2.75) is 38.0 Å². The molecule has 2 heterocycles. The molecular weight excluding hydrogens is 348 g/mol. The number of carbonyl (C=O) groups excluding carboxylic acids is 1. The summed E-state index contributed by atoms with van der Waals surface area (Å²) in [5.41, 5.74) is 2.66. The summed E-state index contributed by atoms with van der Waals surface area (Å²) >= 11 is 1.50. The third-order valence-corrected chi connectivity index (χ3v) is 6.15. The second-order valence-corrected chi connectivity index (χ2v) is 7.86. The van der Waals surface area contributed by atoms with Crippen molar-refractivity contribution in [3.63, 3.8) is 0 Å². The first-order valence-corrected chi connectivity index (χ1v) is 10.0. The average Bonchev–Trinajstić information content (AvgIpc) is 2.83. The number of nitrogens with one attached hydrogen (secondary N) is 2. The molecule has 0 saturated carbocycles. The molecule has 26 heavy (non-hydrogen) atoms. The third-order valence-electron chi connectivity index (χ3n) is 4.88. The monoisotopic (exact) mass is 374 g/mol. The Morgan fingerprint density at radius 1 is 1.19 bits per heavy atom. The average molecular weight is 375 g/mol. The standard InChI is InChI=1S/C19H26N4O2S/c1-5-13(6-2)23-18-16(19(25)21-23)17(26-11-15(24)20-18)12-7-9-14(10-8-12)22(3)4/h7-10,13,17H,5-6,11H2,1-4H3,(H,20,24)(H,21,25)/t17-/m1/s1. The zero-order valence-electron chi connectivity index (χ0n) is 15.7. The molecule has 1 aromatic heterocycles. The number of anilines is 2. The smallest absolute Gasteiger partial charge is 0.270 e. The number of H-pyrrole nitrogens is 1. The number of benzene rings is 1. The van der Waals surface area contributed by atoms with Crippen molar-refractivity contribution in [3.8, 4) is 0 Å². The molecule has 3 rings (SSSR count). The van der Waals surface area contributed by atoms with E-state index in [4.69, 9.17) is 0 Å². The second-order valence-electron chi connectivity index (χ2n) is 6.77. The van der Waals surface area contributed by atoms with Crippen LogP contribution in [-0.4, -0.2) is 35.5 Å². The normalized spacial score (nSPS) is 17.0. The van der Waals surface area contributed by atoms with Crippen LogP contribution in [0.15, 0.2) is 29.1 Å². The summed E-state index contributed by atoms with van der Waals surface area (Å²) in [6.07, 6.45) is 1.78. The van der Waals surface area contributed by atoms with Crippen LogP contribution in [-0.2, 0) is 4.79 Å². The Morgan fingerprint density at radius 2 is 1.85 bits per heavy atom. The SMILES string of the molecule is CCC(CC)n1[nH]c(=O)c2c1NC(=O)CS[C@@H]2c1ccc(N(C)C)cc1. The molecule has 0 radical (unpaired) electrons. The van der Waals surface area contributed by atoms with E-state index in [1.54, 1.807) is 0 Å². The molecule has 0 fully saturated rings. The number of fused-ring (bicyclic) bond motifs is 1. The van der Waals surface area contributed by atoms with Crippen molar-refractivity contribution in [3.05, 3.63) is 45.7 Å². The minimum absolute atomic E-state index is 0.0673. The number of hydrogen-bond acceptors (Lipinski definition) is 4. The van der Waals surface area contributed by atoms with Gasteiger partial charge in [0.05, 0.1) is 22.6 Å². The van der Waals surface area contributed by atoms with Gasteiger partial charge in [-0.1, -0.05) is 26.0 Å². The van der Waals surface area contributed by atoms with Gasteiger partial charge in [0.15, 0.2) is 0 Å². The first-order valence-electron chi connectivity index (χ1n) is 8.99. The van der Waals surface area contributed by atoms with Gasteiger partial charge in [-0.2, -0.15) is 0 Å². The summed E-state index contributed by atoms with van der Waals surface area (Å²) in [5, 5.41) is 5.75. The highest BCUT2D eigenvalue weighted by molar-refractivity contribution is 8.00. The lowest BCUT2D eigenvalue weighted by atomic mass is 10.1. The van der Waals surface area contributed by atoms with Crippen LogP contribution in [0, 0.1) is 0 Å². The van der Waals surface area contributed by atoms with Gasteiger partial charge < -0.3 is 10.2 Å². The Balaban J connectivity index is 2.10. The maximum absolute atomic E-state index is 12.8. The number of carbonyl (C=O) groups is 1. The molecule has 1 aromatic carbocycles. The molecular formula is C19H26N4O2S. The predicted octanol–water partition coefficient (Wildman–Crippen LogP) is 3.38. The van der Waals surface area contributed by atoms with Crippen LogP contribution in [0.1, 0.15) is 49.1 Å². The van der Waals surface area contributed by atoms with E-state index in [0.717, 1.165) is 24.1 Å². The topological polar surface area (TPSA) is 70.1 Å². The molecule has 2 N–H and O–H groups in total. The van der Waals surface area contributed by atoms with Gasteiger partial charge in [-0.3, -0.25) is 19.4 Å². The molecule has 0 saturated heterocycles. The number of thioether (sulfide) groups is 1. The maximum atomic E-state index is 12.8. The largest absolute Gasteiger partial charge is 0.378 e. The lowest BCUT2D eigenvalue weighted by molar-refractivity contribution is -0.113. The Bertz CT molecular complexity index is 834. The van der Waals surface area contributed by atoms with Gasteiger partial charge in [0.25, 0.3) is 5.56 Å². The fourth-order valence-electron chi connectivity index (χ4n) is 3.38. The lowest BCUT2D eigenvalue weighted by Crippen LogP contribution is -2.19. The van der Waals surface area contributed by atoms with E-state index >= 15 is 0 Å². The van der Waals surface area contributed by atoms with Crippen molar-refractivity contribution < 1.29 is 4.79 Å². The van der Waals surface area contributed by atoms with Gasteiger partial charge in [-0.15, -0.1) is 11.8 Å². The summed E-state index contributed by atoms with van der Waals surface area (Å²) < 4.78 is 1.85. The van der Waals surface area contributed by atoms with E-state index < -0.39 is 0 Å². The molecule has 140 valence electrons. The van der Waals surface area contributed by atoms with Crippen LogP contribution in [0.25, 0.3) is 0 Å². The van der Waals surface area contributed by atoms with Crippen LogP contribution in [0.5, 0.6) is 0 Å². The highest BCUT2D eigenvalue weighted by Gasteiger charge is 2.31. The Hall–Kier alpha value is -2.15. The fourth-order valence-corrected chi connectivity index (χ4v) is 4.51. The zero-order valence-corrected chi connectivity index (χ0v) is 16.5. The molecule has 1 aliphatic heterocycles. The summed E-state index contributed by atoms with van der Waals surface area (Å²) in [4.78, 5) is 27.1. The number of rotatable bonds is 5. The molecule has 1 aliphatic rings. The number of nitrogens with zero attached hydrogens (tertiary/aromatic N) is 2. The Labute approximate surface area is 157 Å². The van der Waals surface area contributed by atoms with E-state index in [0.29, 0.717) is 17.1 Å². The van der Waals surface area contributed by atoms with Crippen molar-refractivity contribution in [1.29, 1.82) is 0 Å². The quantitative estimate of drug-likeness (QED) is 0.842. The number of hydrogen-bond donors (Lipinski definition) is 2. The van der Waals surface area contributed by atoms with Gasteiger partial charge in [0.2, 0.25) is 5.91 Å². The molecule has 7 heteroatoms. The van der Waals surface area contributed by atoms with E-state index in [1.807, 2.05) is 47.9 Å². The van der Waals surface area contributed by atoms with Crippen molar-refractivity contribution >= 4 is 29.2 Å². The van der Waals surface area contributed by atoms with E-state index in [9.17, 15) is 9.59 Å². The summed E-state index contributed by atoms with van der Waals surface area (Å²) in [6.45, 7) is 4.17. The first-order chi connectivity index (χ1) is 12.5. The highest BCUT2D eigenvalue weighted by atomic mass is 32.2. The van der Waals surface area contributed by atoms with E-state index in [1.165, 1.54) is 11.8 Å². The van der Waals surface area contributed by atoms with Crippen molar-refractivity contribution in [2.75, 3.05) is 30.1 Å². The fraction of sp³-hybridized carbons (Fsp3) is 0.474. The molecule has 0 spiro atoms. The van der Waals surface area contributed by atoms with Crippen LogP contribution < -0.4 is 15.8 Å². The van der Waals surface area contributed by atoms with Gasteiger partial charge in [-0.05, 0) is 30.5 Å². The molecule has 1 amide bonds. The van der Waals surface area contributed by atoms with E-state index in [-0.39, 0.29) is 22.8 Å². The van der Waals surface area contributed by atoms with Crippen molar-refractivity contribution in [1.82, 2.24) is 9.78 Å². The second kappa shape index (κ2) is 7.61. The molecule has 0 aliphatic carbocycles. The van der Waals surface area contributed by atoms with Crippen LogP contribution in [0.2, 0.25) is 0 Å². The lowest BCUT2D eigenvalue weighted by Gasteiger charge is -2.19. The Kier molecular flexibility index (Phi) is 5.46. The predicted molar refractivity (Wildman–Crippen MR) is 108 cm³/mol. The molecule has 6 nitrogen and oxygen atoms in total. The minimum Gasteiger partial charge on any atom is -0.378 e. The summed E-state index contributed by atoms with van der Waals surface area (Å²) in [7, 11) is 3.99. The van der Waals surface area contributed by atoms with Crippen LogP contribution in [0.4, 0.5) is 11.5 Å². The molecule has 0 unspecified atom stereocenters. The van der Waals surface area contributed by atoms with Crippen molar-refractivity contribution in [2.24, 2.45) is 0 Å². The van der Waals surface area contributed by atoms with Crippen LogP contribution in [0.3, 0.4) is 0 Å². The summed E-state index contributed by atoms with van der Waals surface area (Å²) in [5.74, 6) is 0.889. The van der Waals surface area contributed by atoms with Gasteiger partial charge in [-0.25, -0.2) is 0 Å². The van der Waals surface area contributed by atoms with Gasteiger partial charge in [0, 0.05) is 19.8 Å². The molecule has 1 atom stereocenters. The van der Waals surface area contributed by atoms with E-state index in [2.05, 4.69) is 24.3 Å². The minimum atomic E-state index is -0.167. The summed E-state index contributed by atoms with van der Waals surface area (Å²) in [6, 6.07) is 8.33. The Morgan fingerprint density at radius 3 is 2.42 bits per heavy atom. The molecule has 2 aromatic rings. The van der Waals surface area contributed by atoms with Gasteiger partial charge >= 0.3 is 0 Å². The molecule has 0 bridgehead atoms.